The van der Waals surface area contributed by atoms with Crippen molar-refractivity contribution in [1.82, 2.24) is 4.57 Å². The molecule has 1 aliphatic heterocycles. The zero-order chi connectivity index (χ0) is 15.9. The van der Waals surface area contributed by atoms with E-state index in [4.69, 9.17) is 0 Å². The van der Waals surface area contributed by atoms with Gasteiger partial charge in [-0.25, -0.2) is 13.5 Å². The summed E-state index contributed by atoms with van der Waals surface area (Å²) in [5.41, 5.74) is 1.80. The number of nitrogens with zero attached hydrogens (tertiary/aromatic N) is 2. The summed E-state index contributed by atoms with van der Waals surface area (Å²) in [6.07, 6.45) is 3.65. The number of rotatable bonds is 4. The molecule has 1 aromatic carbocycles. The van der Waals surface area contributed by atoms with Gasteiger partial charge in [-0.05, 0) is 44.5 Å². The average Bonchev–Trinajstić information content (AvgIpc) is 3.03. The fraction of sp³-hybridized carbons (Fsp3) is 0.353. The minimum Gasteiger partial charge on any atom is -1.00 e. The number of Topliss-reactive ketones (excluding diaryl/α,β-unsaturated/α-hetero) is 2. The summed E-state index contributed by atoms with van der Waals surface area (Å²) in [7, 11) is 0. The van der Waals surface area contributed by atoms with Gasteiger partial charge in [-0.1, -0.05) is 0 Å². The number of carbonyl (C=O) groups excluding carboxylic acids is 2. The van der Waals surface area contributed by atoms with Crippen molar-refractivity contribution in [3.8, 4) is 11.3 Å². The fourth-order valence-electron chi connectivity index (χ4n) is 3.22. The topological polar surface area (TPSA) is 43.0 Å². The predicted molar refractivity (Wildman–Crippen MR) is 78.7 cm³/mol. The summed E-state index contributed by atoms with van der Waals surface area (Å²) < 4.78 is 17.0. The van der Waals surface area contributed by atoms with Crippen LogP contribution in [0.5, 0.6) is 0 Å². The highest BCUT2D eigenvalue weighted by Crippen LogP contribution is 2.26. The third-order valence-corrected chi connectivity index (χ3v) is 4.13. The standard InChI is InChI=1S/C17H18FN2O2.ClH/c1-11(21)17(12(2)22)20-10-15(19-9-3-4-16(19)20)13-5-7-14(18)8-6-13;/h5-8,10,17H,3-4,9H2,1-2H3;1H/q+1;/p-1. The molecule has 0 spiro atoms. The highest BCUT2D eigenvalue weighted by Gasteiger charge is 2.36. The first kappa shape index (κ1) is 17.3. The molecule has 122 valence electrons. The van der Waals surface area contributed by atoms with Gasteiger partial charge in [0.15, 0.2) is 17.3 Å². The third-order valence-electron chi connectivity index (χ3n) is 4.13. The summed E-state index contributed by atoms with van der Waals surface area (Å²) in [5.74, 6) is 0.372. The van der Waals surface area contributed by atoms with E-state index < -0.39 is 6.04 Å². The number of carbonyl (C=O) groups is 2. The van der Waals surface area contributed by atoms with Crippen molar-refractivity contribution in [3.05, 3.63) is 42.1 Å². The summed E-state index contributed by atoms with van der Waals surface area (Å²) in [4.78, 5) is 23.8. The molecule has 0 atom stereocenters. The van der Waals surface area contributed by atoms with Crippen LogP contribution in [0, 0.1) is 5.82 Å². The summed E-state index contributed by atoms with van der Waals surface area (Å²) >= 11 is 0. The number of hydrogen-bond acceptors (Lipinski definition) is 2. The van der Waals surface area contributed by atoms with Crippen LogP contribution in [0.15, 0.2) is 30.5 Å². The SMILES string of the molecule is CC(=O)C(C(C)=O)[n+]1cc(-c2ccc(F)cc2)n2c1CCC2.[Cl-]. The zero-order valence-corrected chi connectivity index (χ0v) is 13.8. The number of fused-ring (bicyclic) bond motifs is 1. The van der Waals surface area contributed by atoms with Gasteiger partial charge >= 0.3 is 0 Å². The van der Waals surface area contributed by atoms with E-state index >= 15 is 0 Å². The molecule has 6 heteroatoms. The van der Waals surface area contributed by atoms with Crippen LogP contribution in [-0.2, 0) is 22.6 Å². The lowest BCUT2D eigenvalue weighted by molar-refractivity contribution is -0.701. The number of halogens is 2. The molecule has 0 N–H and O–H groups in total. The molecule has 0 bridgehead atoms. The van der Waals surface area contributed by atoms with Crippen LogP contribution in [0.3, 0.4) is 0 Å². The predicted octanol–water partition coefficient (Wildman–Crippen LogP) is -0.749. The smallest absolute Gasteiger partial charge is 0.258 e. The molecule has 2 aromatic rings. The molecule has 3 rings (SSSR count). The number of ketones is 2. The van der Waals surface area contributed by atoms with Crippen LogP contribution in [0.1, 0.15) is 32.1 Å². The molecule has 4 nitrogen and oxygen atoms in total. The summed E-state index contributed by atoms with van der Waals surface area (Å²) in [5, 5.41) is 0. The van der Waals surface area contributed by atoms with Crippen molar-refractivity contribution in [2.24, 2.45) is 0 Å². The van der Waals surface area contributed by atoms with E-state index in [0.29, 0.717) is 0 Å². The highest BCUT2D eigenvalue weighted by atomic mass is 35.5. The van der Waals surface area contributed by atoms with Crippen molar-refractivity contribution in [2.45, 2.75) is 39.3 Å². The van der Waals surface area contributed by atoms with Gasteiger partial charge in [0.05, 0.1) is 13.0 Å². The van der Waals surface area contributed by atoms with E-state index in [1.165, 1.54) is 26.0 Å². The van der Waals surface area contributed by atoms with E-state index in [1.807, 2.05) is 6.20 Å². The Morgan fingerprint density at radius 2 is 1.78 bits per heavy atom. The van der Waals surface area contributed by atoms with E-state index in [1.54, 1.807) is 16.7 Å². The van der Waals surface area contributed by atoms with Crippen molar-refractivity contribution >= 4 is 11.6 Å². The normalized spacial score (nSPS) is 12.9. The van der Waals surface area contributed by atoms with Crippen LogP contribution < -0.4 is 17.0 Å². The largest absolute Gasteiger partial charge is 1.00 e. The van der Waals surface area contributed by atoms with Crippen molar-refractivity contribution in [1.29, 1.82) is 0 Å². The van der Waals surface area contributed by atoms with E-state index in [-0.39, 0.29) is 29.8 Å². The quantitative estimate of drug-likeness (QED) is 0.545. The van der Waals surface area contributed by atoms with Crippen LogP contribution in [-0.4, -0.2) is 16.1 Å². The zero-order valence-electron chi connectivity index (χ0n) is 13.1. The molecule has 0 amide bonds. The molecular formula is C17H18ClFN2O2. The minimum atomic E-state index is -0.770. The molecule has 1 aromatic heterocycles. The van der Waals surface area contributed by atoms with Gasteiger partial charge in [0, 0.05) is 5.56 Å². The molecule has 23 heavy (non-hydrogen) atoms. The third kappa shape index (κ3) is 3.06. The summed E-state index contributed by atoms with van der Waals surface area (Å²) in [6.45, 7) is 3.73. The lowest BCUT2D eigenvalue weighted by Gasteiger charge is -2.07. The first-order valence-electron chi connectivity index (χ1n) is 7.39. The molecule has 0 fully saturated rings. The fourth-order valence-corrected chi connectivity index (χ4v) is 3.22. The van der Waals surface area contributed by atoms with Crippen molar-refractivity contribution in [2.75, 3.05) is 0 Å². The molecule has 0 saturated heterocycles. The van der Waals surface area contributed by atoms with Crippen LogP contribution in [0.4, 0.5) is 4.39 Å². The van der Waals surface area contributed by atoms with Gasteiger partial charge in [0.25, 0.3) is 5.82 Å². The minimum absolute atomic E-state index is 0. The van der Waals surface area contributed by atoms with Gasteiger partial charge in [-0.15, -0.1) is 0 Å². The Kier molecular flexibility index (Phi) is 5.00. The number of aromatic nitrogens is 2. The first-order valence-corrected chi connectivity index (χ1v) is 7.39. The maximum atomic E-state index is 13.1. The second-order valence-corrected chi connectivity index (χ2v) is 5.72. The summed E-state index contributed by atoms with van der Waals surface area (Å²) in [6, 6.07) is 5.51. The molecule has 0 saturated carbocycles. The van der Waals surface area contributed by atoms with Crippen LogP contribution in [0.25, 0.3) is 11.3 Å². The van der Waals surface area contributed by atoms with Gasteiger partial charge in [-0.3, -0.25) is 9.59 Å². The molecule has 0 unspecified atom stereocenters. The Morgan fingerprint density at radius 3 is 2.35 bits per heavy atom. The van der Waals surface area contributed by atoms with Crippen LogP contribution >= 0.6 is 0 Å². The molecule has 0 aliphatic carbocycles. The average molecular weight is 337 g/mol. The molecule has 1 aliphatic rings. The van der Waals surface area contributed by atoms with E-state index in [9.17, 15) is 14.0 Å². The van der Waals surface area contributed by atoms with Crippen LogP contribution in [0.2, 0.25) is 0 Å². The second-order valence-electron chi connectivity index (χ2n) is 5.72. The van der Waals surface area contributed by atoms with Crippen molar-refractivity contribution in [3.63, 3.8) is 0 Å². The van der Waals surface area contributed by atoms with Gasteiger partial charge in [0.1, 0.15) is 12.0 Å². The van der Waals surface area contributed by atoms with Crippen molar-refractivity contribution < 1.29 is 31.0 Å². The molecular weight excluding hydrogens is 319 g/mol. The van der Waals surface area contributed by atoms with E-state index in [0.717, 1.165) is 36.5 Å². The Hall–Kier alpha value is -2.01. The molecule has 0 radical (unpaired) electrons. The number of imidazole rings is 1. The molecule has 2 heterocycles. The maximum absolute atomic E-state index is 13.1. The Morgan fingerprint density at radius 1 is 1.17 bits per heavy atom. The van der Waals surface area contributed by atoms with Gasteiger partial charge in [-0.2, -0.15) is 0 Å². The highest BCUT2D eigenvalue weighted by molar-refractivity contribution is 6.00. The second kappa shape index (κ2) is 6.62. The first-order chi connectivity index (χ1) is 10.5. The van der Waals surface area contributed by atoms with E-state index in [2.05, 4.69) is 4.57 Å². The number of benzene rings is 1. The van der Waals surface area contributed by atoms with Gasteiger partial charge < -0.3 is 12.4 Å². The Balaban J connectivity index is 0.00000192. The Bertz CT molecular complexity index is 739. The monoisotopic (exact) mass is 336 g/mol. The maximum Gasteiger partial charge on any atom is 0.258 e. The number of hydrogen-bond donors (Lipinski definition) is 0. The van der Waals surface area contributed by atoms with Gasteiger partial charge in [0.2, 0.25) is 6.04 Å². The Labute approximate surface area is 140 Å². The lowest BCUT2D eigenvalue weighted by Crippen LogP contribution is -3.00. The lowest BCUT2D eigenvalue weighted by atomic mass is 10.1.